The second kappa shape index (κ2) is 11.3. The lowest BCUT2D eigenvalue weighted by atomic mass is 9.92. The zero-order chi connectivity index (χ0) is 20.5. The highest BCUT2D eigenvalue weighted by Crippen LogP contribution is 2.32. The predicted molar refractivity (Wildman–Crippen MR) is 113 cm³/mol. The maximum atomic E-state index is 10.1. The Morgan fingerprint density at radius 3 is 2.29 bits per heavy atom. The number of rotatable bonds is 5. The lowest BCUT2D eigenvalue weighted by Gasteiger charge is -2.32. The van der Waals surface area contributed by atoms with Gasteiger partial charge in [0.1, 0.15) is 0 Å². The van der Waals surface area contributed by atoms with E-state index in [1.165, 1.54) is 22.3 Å². The number of aryl methyl sites for hydroxylation is 2. The number of hydrogen-bond acceptors (Lipinski definition) is 4. The molecule has 2 N–H and O–H groups in total. The van der Waals surface area contributed by atoms with Gasteiger partial charge >= 0.3 is 0 Å². The van der Waals surface area contributed by atoms with E-state index in [2.05, 4.69) is 61.0 Å². The van der Waals surface area contributed by atoms with Crippen LogP contribution in [0.5, 0.6) is 0 Å². The minimum atomic E-state index is -0.415. The van der Waals surface area contributed by atoms with Gasteiger partial charge in [-0.3, -0.25) is 0 Å². The molecule has 28 heavy (non-hydrogen) atoms. The second-order valence-corrected chi connectivity index (χ2v) is 7.50. The minimum absolute atomic E-state index is 0.0456. The first kappa shape index (κ1) is 22.6. The fraction of sp³-hybridized carbons (Fsp3) is 0.500. The highest BCUT2D eigenvalue weighted by molar-refractivity contribution is 5.37. The third-order valence-corrected chi connectivity index (χ3v) is 5.15. The summed E-state index contributed by atoms with van der Waals surface area (Å²) in [6.07, 6.45) is 2.20. The minimum Gasteiger partial charge on any atom is -0.394 e. The van der Waals surface area contributed by atoms with E-state index in [-0.39, 0.29) is 18.8 Å². The first-order valence-corrected chi connectivity index (χ1v) is 10.0. The van der Waals surface area contributed by atoms with Crippen LogP contribution in [0.25, 0.3) is 0 Å². The van der Waals surface area contributed by atoms with Gasteiger partial charge in [0.2, 0.25) is 0 Å². The van der Waals surface area contributed by atoms with Gasteiger partial charge in [0.15, 0.2) is 0 Å². The molecule has 1 aliphatic heterocycles. The second-order valence-electron chi connectivity index (χ2n) is 7.50. The highest BCUT2D eigenvalue weighted by atomic mass is 16.5. The van der Waals surface area contributed by atoms with E-state index < -0.39 is 6.10 Å². The Hall–Kier alpha value is -1.72. The summed E-state index contributed by atoms with van der Waals surface area (Å²) in [7, 11) is 3.25. The summed E-state index contributed by atoms with van der Waals surface area (Å²) in [4.78, 5) is 0. The van der Waals surface area contributed by atoms with Crippen molar-refractivity contribution >= 4 is 0 Å². The molecule has 0 spiro atoms. The predicted octanol–water partition coefficient (Wildman–Crippen LogP) is 3.98. The van der Waals surface area contributed by atoms with Gasteiger partial charge in [-0.15, -0.1) is 0 Å². The molecule has 4 nitrogen and oxygen atoms in total. The molecule has 3 atom stereocenters. The smallest absolute Gasteiger partial charge is 0.0854 e. The molecular weight excluding hydrogens is 352 g/mol. The van der Waals surface area contributed by atoms with Crippen molar-refractivity contribution in [2.24, 2.45) is 0 Å². The van der Waals surface area contributed by atoms with Crippen LogP contribution in [0.2, 0.25) is 0 Å². The molecule has 4 heteroatoms. The lowest BCUT2D eigenvalue weighted by Crippen LogP contribution is -2.33. The number of ether oxygens (including phenoxy) is 2. The molecule has 2 aromatic carbocycles. The molecule has 0 aromatic heterocycles. The zero-order valence-corrected chi connectivity index (χ0v) is 17.5. The molecule has 3 rings (SSSR count). The quantitative estimate of drug-likeness (QED) is 0.816. The van der Waals surface area contributed by atoms with Crippen molar-refractivity contribution < 1.29 is 19.7 Å². The molecule has 0 saturated carbocycles. The molecular formula is C24H34O4. The van der Waals surface area contributed by atoms with E-state index >= 15 is 0 Å². The highest BCUT2D eigenvalue weighted by Gasteiger charge is 2.29. The first-order valence-electron chi connectivity index (χ1n) is 10.0. The Bertz CT molecular complexity index is 711. The molecule has 2 aromatic rings. The van der Waals surface area contributed by atoms with Crippen molar-refractivity contribution in [3.8, 4) is 0 Å². The Balaban J connectivity index is 0.000000878. The van der Waals surface area contributed by atoms with Crippen molar-refractivity contribution in [1.82, 2.24) is 0 Å². The van der Waals surface area contributed by atoms with Crippen LogP contribution in [0.3, 0.4) is 0 Å². The maximum Gasteiger partial charge on any atom is 0.0854 e. The van der Waals surface area contributed by atoms with Gasteiger partial charge in [0.25, 0.3) is 0 Å². The third kappa shape index (κ3) is 6.42. The van der Waals surface area contributed by atoms with Gasteiger partial charge in [-0.05, 0) is 47.6 Å². The lowest BCUT2D eigenvalue weighted by molar-refractivity contribution is -0.113. The van der Waals surface area contributed by atoms with Gasteiger partial charge < -0.3 is 19.7 Å². The van der Waals surface area contributed by atoms with E-state index in [0.717, 1.165) is 18.4 Å². The van der Waals surface area contributed by atoms with Gasteiger partial charge in [0.05, 0.1) is 24.9 Å². The van der Waals surface area contributed by atoms with Crippen LogP contribution in [0.1, 0.15) is 53.7 Å². The van der Waals surface area contributed by atoms with Crippen LogP contribution >= 0.6 is 0 Å². The standard InChI is InChI=1S/C22H28O3.C2H6O/c1-3-16-5-7-17(8-6-16)10-19-11-18(9-4-15(19)2)22-13-20(24)12-21(14-23)25-22;1-3-2/h4-9,11,20-24H,3,10,12-14H2,1-2H3;1-2H3/t20?,21-,22+;/m0./s1. The number of hydrogen-bond donors (Lipinski definition) is 2. The average molecular weight is 387 g/mol. The van der Waals surface area contributed by atoms with Crippen molar-refractivity contribution in [3.63, 3.8) is 0 Å². The molecule has 1 heterocycles. The fourth-order valence-electron chi connectivity index (χ4n) is 3.52. The summed E-state index contributed by atoms with van der Waals surface area (Å²) in [5, 5.41) is 19.4. The molecule has 0 amide bonds. The van der Waals surface area contributed by atoms with Crippen LogP contribution in [0, 0.1) is 6.92 Å². The zero-order valence-electron chi connectivity index (χ0n) is 17.5. The summed E-state index contributed by atoms with van der Waals surface area (Å²) in [5.74, 6) is 0. The number of methoxy groups -OCH3 is 1. The summed E-state index contributed by atoms with van der Waals surface area (Å²) in [6, 6.07) is 15.2. The van der Waals surface area contributed by atoms with E-state index in [1.54, 1.807) is 14.2 Å². The first-order chi connectivity index (χ1) is 13.5. The van der Waals surface area contributed by atoms with Crippen LogP contribution in [0.15, 0.2) is 42.5 Å². The Labute approximate surface area is 169 Å². The topological polar surface area (TPSA) is 58.9 Å². The summed E-state index contributed by atoms with van der Waals surface area (Å²) < 4.78 is 10.2. The SMILES string of the molecule is CCc1ccc(Cc2cc([C@H]3CC(O)C[C@@H](CO)O3)ccc2C)cc1.COC. The van der Waals surface area contributed by atoms with Crippen LogP contribution in [-0.2, 0) is 22.3 Å². The summed E-state index contributed by atoms with van der Waals surface area (Å²) >= 11 is 0. The van der Waals surface area contributed by atoms with Crippen molar-refractivity contribution in [2.75, 3.05) is 20.8 Å². The molecule has 0 aliphatic carbocycles. The van der Waals surface area contributed by atoms with E-state index in [9.17, 15) is 10.2 Å². The van der Waals surface area contributed by atoms with Crippen LogP contribution < -0.4 is 0 Å². The Morgan fingerprint density at radius 2 is 1.68 bits per heavy atom. The van der Waals surface area contributed by atoms with E-state index in [0.29, 0.717) is 12.8 Å². The third-order valence-electron chi connectivity index (χ3n) is 5.15. The average Bonchev–Trinajstić information content (AvgIpc) is 2.70. The molecule has 0 bridgehead atoms. The van der Waals surface area contributed by atoms with E-state index in [1.807, 2.05) is 0 Å². The van der Waals surface area contributed by atoms with Gasteiger partial charge in [0, 0.05) is 27.1 Å². The largest absolute Gasteiger partial charge is 0.394 e. The molecule has 1 unspecified atom stereocenters. The number of aliphatic hydroxyl groups excluding tert-OH is 2. The van der Waals surface area contributed by atoms with Crippen molar-refractivity contribution in [2.45, 2.75) is 57.8 Å². The molecule has 0 radical (unpaired) electrons. The monoisotopic (exact) mass is 386 g/mol. The summed E-state index contributed by atoms with van der Waals surface area (Å²) in [5.41, 5.74) is 6.29. The van der Waals surface area contributed by atoms with Gasteiger partial charge in [-0.1, -0.05) is 49.4 Å². The van der Waals surface area contributed by atoms with Crippen LogP contribution in [-0.4, -0.2) is 43.2 Å². The fourth-order valence-corrected chi connectivity index (χ4v) is 3.52. The van der Waals surface area contributed by atoms with Gasteiger partial charge in [-0.25, -0.2) is 0 Å². The molecule has 1 saturated heterocycles. The Kier molecular flexibility index (Phi) is 9.13. The molecule has 1 aliphatic rings. The van der Waals surface area contributed by atoms with Crippen molar-refractivity contribution in [3.05, 3.63) is 70.3 Å². The normalized spacial score (nSPS) is 21.7. The van der Waals surface area contributed by atoms with Gasteiger partial charge in [-0.2, -0.15) is 0 Å². The number of benzene rings is 2. The van der Waals surface area contributed by atoms with E-state index in [4.69, 9.17) is 4.74 Å². The number of aliphatic hydroxyl groups is 2. The summed E-state index contributed by atoms with van der Waals surface area (Å²) in [6.45, 7) is 4.25. The van der Waals surface area contributed by atoms with Crippen molar-refractivity contribution in [1.29, 1.82) is 0 Å². The molecule has 1 fully saturated rings. The molecule has 154 valence electrons. The maximum absolute atomic E-state index is 10.1. The van der Waals surface area contributed by atoms with Crippen LogP contribution in [0.4, 0.5) is 0 Å². The Morgan fingerprint density at radius 1 is 1.04 bits per heavy atom.